The number of carbonyl (C=O) groups is 1. The number of likely N-dealkylation sites (tertiary alicyclic amines) is 1. The minimum Gasteiger partial charge on any atom is -0.339 e. The molecule has 3 heterocycles. The van der Waals surface area contributed by atoms with E-state index in [2.05, 4.69) is 15.1 Å². The molecule has 1 unspecified atom stereocenters. The number of aromatic nitrogens is 3. The number of hydrogen-bond donors (Lipinski definition) is 0. The maximum absolute atomic E-state index is 13.0. The van der Waals surface area contributed by atoms with Gasteiger partial charge in [0.25, 0.3) is 5.91 Å². The molecule has 6 nitrogen and oxygen atoms in total. The lowest BCUT2D eigenvalue weighted by Gasteiger charge is -2.31. The second-order valence-corrected chi connectivity index (χ2v) is 6.65. The summed E-state index contributed by atoms with van der Waals surface area (Å²) in [6.45, 7) is 1.18. The summed E-state index contributed by atoms with van der Waals surface area (Å²) in [6.07, 6.45) is 1.73. The summed E-state index contributed by atoms with van der Waals surface area (Å²) in [7, 11) is 0. The highest BCUT2D eigenvalue weighted by molar-refractivity contribution is 7.07. The Kier molecular flexibility index (Phi) is 4.27. The lowest BCUT2D eigenvalue weighted by molar-refractivity contribution is 0.0695. The molecule has 1 aromatic carbocycles. The van der Waals surface area contributed by atoms with Crippen molar-refractivity contribution in [3.63, 3.8) is 0 Å². The molecule has 0 N–H and O–H groups in total. The SMILES string of the molecule is O=C(c1ccc(F)cc1)N1CCCC(c2nc(-c3cscn3)no2)C1. The average molecular weight is 358 g/mol. The largest absolute Gasteiger partial charge is 0.339 e. The van der Waals surface area contributed by atoms with E-state index in [9.17, 15) is 9.18 Å². The number of carbonyl (C=O) groups excluding carboxylic acids is 1. The molecule has 1 saturated heterocycles. The Hall–Kier alpha value is -2.61. The van der Waals surface area contributed by atoms with Crippen LogP contribution in [0.5, 0.6) is 0 Å². The van der Waals surface area contributed by atoms with E-state index in [0.29, 0.717) is 36.1 Å². The van der Waals surface area contributed by atoms with Gasteiger partial charge in [0, 0.05) is 24.0 Å². The molecule has 1 atom stereocenters. The molecule has 1 aliphatic heterocycles. The number of amides is 1. The highest BCUT2D eigenvalue weighted by Gasteiger charge is 2.29. The predicted molar refractivity (Wildman–Crippen MR) is 89.7 cm³/mol. The lowest BCUT2D eigenvalue weighted by atomic mass is 9.97. The van der Waals surface area contributed by atoms with Crippen molar-refractivity contribution in [1.82, 2.24) is 20.0 Å². The fourth-order valence-corrected chi connectivity index (χ4v) is 3.50. The molecule has 1 amide bonds. The van der Waals surface area contributed by atoms with Crippen molar-refractivity contribution in [2.45, 2.75) is 18.8 Å². The van der Waals surface area contributed by atoms with Crippen LogP contribution in [0.4, 0.5) is 4.39 Å². The second kappa shape index (κ2) is 6.72. The van der Waals surface area contributed by atoms with Crippen molar-refractivity contribution >= 4 is 17.2 Å². The van der Waals surface area contributed by atoms with Crippen LogP contribution < -0.4 is 0 Å². The van der Waals surface area contributed by atoms with Gasteiger partial charge in [-0.2, -0.15) is 4.98 Å². The third-order valence-corrected chi connectivity index (χ3v) is 4.84. The molecule has 0 radical (unpaired) electrons. The van der Waals surface area contributed by atoms with Crippen molar-refractivity contribution in [3.8, 4) is 11.5 Å². The van der Waals surface area contributed by atoms with Crippen LogP contribution in [0.25, 0.3) is 11.5 Å². The number of benzene rings is 1. The molecule has 1 aliphatic rings. The van der Waals surface area contributed by atoms with Crippen molar-refractivity contribution in [2.24, 2.45) is 0 Å². The third-order valence-electron chi connectivity index (χ3n) is 4.25. The summed E-state index contributed by atoms with van der Waals surface area (Å²) in [6, 6.07) is 5.61. The quantitative estimate of drug-likeness (QED) is 0.718. The Morgan fingerprint density at radius 1 is 1.32 bits per heavy atom. The molecular formula is C17H15FN4O2S. The third kappa shape index (κ3) is 3.30. The summed E-state index contributed by atoms with van der Waals surface area (Å²) in [4.78, 5) is 23.0. The van der Waals surface area contributed by atoms with Gasteiger partial charge in [-0.25, -0.2) is 9.37 Å². The van der Waals surface area contributed by atoms with Gasteiger partial charge in [-0.05, 0) is 37.1 Å². The van der Waals surface area contributed by atoms with Crippen molar-refractivity contribution in [3.05, 3.63) is 52.4 Å². The van der Waals surface area contributed by atoms with E-state index in [1.807, 2.05) is 5.38 Å². The monoisotopic (exact) mass is 358 g/mol. The zero-order valence-electron chi connectivity index (χ0n) is 13.3. The van der Waals surface area contributed by atoms with Gasteiger partial charge in [0.2, 0.25) is 11.7 Å². The highest BCUT2D eigenvalue weighted by atomic mass is 32.1. The van der Waals surface area contributed by atoms with E-state index in [-0.39, 0.29) is 17.6 Å². The molecule has 128 valence electrons. The Balaban J connectivity index is 1.49. The number of rotatable bonds is 3. The molecule has 8 heteroatoms. The van der Waals surface area contributed by atoms with Gasteiger partial charge in [-0.1, -0.05) is 5.16 Å². The van der Waals surface area contributed by atoms with Gasteiger partial charge < -0.3 is 9.42 Å². The maximum atomic E-state index is 13.0. The number of piperidine rings is 1. The molecule has 2 aromatic heterocycles. The standard InChI is InChI=1S/C17H15FN4O2S/c18-13-5-3-11(4-6-13)17(23)22-7-1-2-12(8-22)16-20-15(21-24-16)14-9-25-10-19-14/h3-6,9-10,12H,1-2,7-8H2. The molecule has 0 aliphatic carbocycles. The average Bonchev–Trinajstić information content (AvgIpc) is 3.33. The van der Waals surface area contributed by atoms with Crippen LogP contribution in [-0.4, -0.2) is 39.0 Å². The van der Waals surface area contributed by atoms with Gasteiger partial charge in [-0.3, -0.25) is 4.79 Å². The first kappa shape index (κ1) is 15.9. The normalized spacial score (nSPS) is 17.6. The first-order valence-electron chi connectivity index (χ1n) is 7.98. The zero-order valence-corrected chi connectivity index (χ0v) is 14.1. The van der Waals surface area contributed by atoms with Crippen LogP contribution in [0.2, 0.25) is 0 Å². The Morgan fingerprint density at radius 3 is 2.92 bits per heavy atom. The molecule has 1 fully saturated rings. The molecule has 25 heavy (non-hydrogen) atoms. The van der Waals surface area contributed by atoms with Gasteiger partial charge >= 0.3 is 0 Å². The summed E-state index contributed by atoms with van der Waals surface area (Å²) >= 11 is 1.47. The number of thiazole rings is 1. The molecule has 0 spiro atoms. The van der Waals surface area contributed by atoms with Crippen LogP contribution in [-0.2, 0) is 0 Å². The summed E-state index contributed by atoms with van der Waals surface area (Å²) in [5.74, 6) is 0.535. The van der Waals surface area contributed by atoms with Gasteiger partial charge in [0.1, 0.15) is 11.5 Å². The predicted octanol–water partition coefficient (Wildman–Crippen LogP) is 3.35. The van der Waals surface area contributed by atoms with E-state index in [4.69, 9.17) is 4.52 Å². The summed E-state index contributed by atoms with van der Waals surface area (Å²) < 4.78 is 18.4. The van der Waals surface area contributed by atoms with Crippen LogP contribution in [0, 0.1) is 5.82 Å². The van der Waals surface area contributed by atoms with Gasteiger partial charge in [-0.15, -0.1) is 11.3 Å². The van der Waals surface area contributed by atoms with E-state index in [1.54, 1.807) is 10.4 Å². The Bertz CT molecular complexity index is 863. The van der Waals surface area contributed by atoms with Gasteiger partial charge in [0.15, 0.2) is 0 Å². The van der Waals surface area contributed by atoms with Crippen LogP contribution in [0.3, 0.4) is 0 Å². The molecule has 0 saturated carbocycles. The Morgan fingerprint density at radius 2 is 2.16 bits per heavy atom. The number of halogens is 1. The van der Waals surface area contributed by atoms with E-state index in [1.165, 1.54) is 35.6 Å². The Labute approximate surface area is 147 Å². The first-order valence-corrected chi connectivity index (χ1v) is 8.92. The van der Waals surface area contributed by atoms with Crippen molar-refractivity contribution in [2.75, 3.05) is 13.1 Å². The molecule has 0 bridgehead atoms. The van der Waals surface area contributed by atoms with E-state index >= 15 is 0 Å². The molecule has 3 aromatic rings. The fourth-order valence-electron chi connectivity index (χ4n) is 2.97. The topological polar surface area (TPSA) is 72.1 Å². The van der Waals surface area contributed by atoms with Crippen LogP contribution in [0.15, 0.2) is 39.7 Å². The van der Waals surface area contributed by atoms with E-state index in [0.717, 1.165) is 12.8 Å². The number of nitrogens with zero attached hydrogens (tertiary/aromatic N) is 4. The minimum absolute atomic E-state index is 0.00182. The maximum Gasteiger partial charge on any atom is 0.253 e. The number of hydrogen-bond acceptors (Lipinski definition) is 6. The summed E-state index contributed by atoms with van der Waals surface area (Å²) in [5.41, 5.74) is 2.89. The highest BCUT2D eigenvalue weighted by Crippen LogP contribution is 2.28. The zero-order chi connectivity index (χ0) is 17.2. The van der Waals surface area contributed by atoms with Crippen LogP contribution >= 0.6 is 11.3 Å². The first-order chi connectivity index (χ1) is 12.2. The van der Waals surface area contributed by atoms with Crippen molar-refractivity contribution in [1.29, 1.82) is 0 Å². The summed E-state index contributed by atoms with van der Waals surface area (Å²) in [5, 5.41) is 5.85. The fraction of sp³-hybridized carbons (Fsp3) is 0.294. The molecule has 4 rings (SSSR count). The minimum atomic E-state index is -0.353. The smallest absolute Gasteiger partial charge is 0.253 e. The molecular weight excluding hydrogens is 343 g/mol. The van der Waals surface area contributed by atoms with Crippen LogP contribution in [0.1, 0.15) is 35.0 Å². The van der Waals surface area contributed by atoms with Crippen molar-refractivity contribution < 1.29 is 13.7 Å². The lowest BCUT2D eigenvalue weighted by Crippen LogP contribution is -2.39. The second-order valence-electron chi connectivity index (χ2n) is 5.93. The van der Waals surface area contributed by atoms with E-state index < -0.39 is 0 Å². The van der Waals surface area contributed by atoms with Gasteiger partial charge in [0.05, 0.1) is 11.4 Å².